The number of nitrogens with one attached hydrogen (secondary N) is 2. The van der Waals surface area contributed by atoms with Gasteiger partial charge < -0.3 is 20.3 Å². The van der Waals surface area contributed by atoms with E-state index in [0.717, 1.165) is 50.8 Å². The largest absolute Gasteiger partial charge is 0.491 e. The van der Waals surface area contributed by atoms with Crippen LogP contribution in [0.5, 0.6) is 5.75 Å². The first-order valence-corrected chi connectivity index (χ1v) is 10.8. The number of carbonyl (C=O) groups excluding carboxylic acids is 2. The van der Waals surface area contributed by atoms with Crippen LogP contribution in [0.3, 0.4) is 0 Å². The summed E-state index contributed by atoms with van der Waals surface area (Å²) in [7, 11) is 0. The summed E-state index contributed by atoms with van der Waals surface area (Å²) in [6.45, 7) is 1.29. The molecule has 28 heavy (non-hydrogen) atoms. The van der Waals surface area contributed by atoms with Crippen LogP contribution >= 0.6 is 0 Å². The summed E-state index contributed by atoms with van der Waals surface area (Å²) >= 11 is 0. The van der Waals surface area contributed by atoms with Crippen molar-refractivity contribution in [2.24, 2.45) is 0 Å². The fourth-order valence-electron chi connectivity index (χ4n) is 4.17. The first-order chi connectivity index (χ1) is 13.7. The predicted octanol–water partition coefficient (Wildman–Crippen LogP) is 3.46. The van der Waals surface area contributed by atoms with E-state index in [1.54, 1.807) is 12.1 Å². The van der Waals surface area contributed by atoms with Crippen molar-refractivity contribution in [2.75, 3.05) is 13.2 Å². The van der Waals surface area contributed by atoms with Crippen LogP contribution in [0.25, 0.3) is 0 Å². The number of hydrogen-bond acceptors (Lipinski definition) is 3. The summed E-state index contributed by atoms with van der Waals surface area (Å²) in [6, 6.07) is 8.14. The summed E-state index contributed by atoms with van der Waals surface area (Å²) in [5.74, 6) is 0.720. The number of nitrogens with zero attached hydrogens (tertiary/aromatic N) is 1. The van der Waals surface area contributed by atoms with Gasteiger partial charge in [-0.1, -0.05) is 19.3 Å². The van der Waals surface area contributed by atoms with E-state index in [1.165, 1.54) is 19.3 Å². The molecule has 0 aromatic heterocycles. The molecule has 0 radical (unpaired) electrons. The minimum atomic E-state index is -0.0181. The van der Waals surface area contributed by atoms with E-state index < -0.39 is 0 Å². The third-order valence-corrected chi connectivity index (χ3v) is 6.04. The number of hydrogen-bond donors (Lipinski definition) is 2. The fraction of sp³-hybridized carbons (Fsp3) is 0.636. The SMILES string of the molecule is O=C(NC1CC1)c1ccc(OCC2CCCN2C(=O)NC2CCCCC2)cc1. The maximum atomic E-state index is 12.7. The fourth-order valence-corrected chi connectivity index (χ4v) is 4.17. The van der Waals surface area contributed by atoms with E-state index in [-0.39, 0.29) is 18.0 Å². The summed E-state index contributed by atoms with van der Waals surface area (Å²) < 4.78 is 5.94. The monoisotopic (exact) mass is 385 g/mol. The van der Waals surface area contributed by atoms with Crippen LogP contribution in [0.15, 0.2) is 24.3 Å². The number of ether oxygens (including phenoxy) is 1. The van der Waals surface area contributed by atoms with Crippen molar-refractivity contribution in [3.63, 3.8) is 0 Å². The van der Waals surface area contributed by atoms with Gasteiger partial charge in [0.05, 0.1) is 6.04 Å². The number of carbonyl (C=O) groups is 2. The van der Waals surface area contributed by atoms with Crippen molar-refractivity contribution in [2.45, 2.75) is 75.9 Å². The van der Waals surface area contributed by atoms with Crippen LogP contribution in [0.2, 0.25) is 0 Å². The zero-order chi connectivity index (χ0) is 19.3. The minimum Gasteiger partial charge on any atom is -0.491 e. The second kappa shape index (κ2) is 8.84. The van der Waals surface area contributed by atoms with Gasteiger partial charge in [0.15, 0.2) is 0 Å². The molecular formula is C22H31N3O3. The lowest BCUT2D eigenvalue weighted by Gasteiger charge is -2.29. The van der Waals surface area contributed by atoms with Gasteiger partial charge in [0.2, 0.25) is 0 Å². The van der Waals surface area contributed by atoms with Crippen molar-refractivity contribution in [3.8, 4) is 5.75 Å². The van der Waals surface area contributed by atoms with Crippen LogP contribution in [-0.2, 0) is 0 Å². The molecule has 1 unspecified atom stereocenters. The molecule has 2 saturated carbocycles. The molecule has 4 rings (SSSR count). The van der Waals surface area contributed by atoms with Crippen LogP contribution in [-0.4, -0.2) is 48.1 Å². The molecule has 1 aliphatic heterocycles. The van der Waals surface area contributed by atoms with Gasteiger partial charge in [0.1, 0.15) is 12.4 Å². The number of benzene rings is 1. The molecule has 1 heterocycles. The Morgan fingerprint density at radius 3 is 2.32 bits per heavy atom. The molecule has 0 bridgehead atoms. The zero-order valence-electron chi connectivity index (χ0n) is 16.5. The van der Waals surface area contributed by atoms with Gasteiger partial charge >= 0.3 is 6.03 Å². The highest BCUT2D eigenvalue weighted by Crippen LogP contribution is 2.23. The van der Waals surface area contributed by atoms with Crippen LogP contribution < -0.4 is 15.4 Å². The van der Waals surface area contributed by atoms with E-state index in [1.807, 2.05) is 17.0 Å². The Morgan fingerprint density at radius 2 is 1.61 bits per heavy atom. The number of urea groups is 1. The highest BCUT2D eigenvalue weighted by Gasteiger charge is 2.30. The van der Waals surface area contributed by atoms with Crippen molar-refractivity contribution >= 4 is 11.9 Å². The Hall–Kier alpha value is -2.24. The van der Waals surface area contributed by atoms with E-state index >= 15 is 0 Å². The Bertz CT molecular complexity index is 681. The highest BCUT2D eigenvalue weighted by atomic mass is 16.5. The van der Waals surface area contributed by atoms with E-state index in [2.05, 4.69) is 10.6 Å². The summed E-state index contributed by atoms with van der Waals surface area (Å²) in [6.07, 6.45) is 10.1. The lowest BCUT2D eigenvalue weighted by Crippen LogP contribution is -2.48. The maximum absolute atomic E-state index is 12.7. The normalized spacial score (nSPS) is 22.7. The first kappa shape index (κ1) is 19.1. The van der Waals surface area contributed by atoms with Crippen molar-refractivity contribution in [3.05, 3.63) is 29.8 Å². The molecule has 3 amide bonds. The molecular weight excluding hydrogens is 354 g/mol. The molecule has 1 aromatic carbocycles. The lowest BCUT2D eigenvalue weighted by atomic mass is 9.96. The van der Waals surface area contributed by atoms with Gasteiger partial charge in [-0.15, -0.1) is 0 Å². The average Bonchev–Trinajstić information content (AvgIpc) is 3.40. The highest BCUT2D eigenvalue weighted by molar-refractivity contribution is 5.94. The van der Waals surface area contributed by atoms with Crippen LogP contribution in [0, 0.1) is 0 Å². The Kier molecular flexibility index (Phi) is 6.03. The zero-order valence-corrected chi connectivity index (χ0v) is 16.5. The van der Waals surface area contributed by atoms with Crippen LogP contribution in [0.4, 0.5) is 4.79 Å². The van der Waals surface area contributed by atoms with E-state index in [4.69, 9.17) is 4.74 Å². The second-order valence-electron chi connectivity index (χ2n) is 8.36. The molecule has 152 valence electrons. The summed E-state index contributed by atoms with van der Waals surface area (Å²) in [4.78, 5) is 26.7. The van der Waals surface area contributed by atoms with Gasteiger partial charge in [-0.05, 0) is 62.8 Å². The molecule has 6 heteroatoms. The molecule has 3 aliphatic rings. The Labute approximate surface area is 167 Å². The third-order valence-electron chi connectivity index (χ3n) is 6.04. The standard InChI is InChI=1S/C22H31N3O3/c26-21(23-18-10-11-18)16-8-12-20(13-9-16)28-15-19-7-4-14-25(19)22(27)24-17-5-2-1-3-6-17/h8-9,12-13,17-19H,1-7,10-11,14-15H2,(H,23,26)(H,24,27). The molecule has 1 atom stereocenters. The van der Waals surface area contributed by atoms with Gasteiger partial charge in [-0.25, -0.2) is 4.79 Å². The Morgan fingerprint density at radius 1 is 0.893 bits per heavy atom. The third kappa shape index (κ3) is 4.97. The molecule has 2 aliphatic carbocycles. The van der Waals surface area contributed by atoms with Gasteiger partial charge in [-0.3, -0.25) is 4.79 Å². The number of amides is 3. The molecule has 1 saturated heterocycles. The van der Waals surface area contributed by atoms with E-state index in [9.17, 15) is 9.59 Å². The molecule has 1 aromatic rings. The molecule has 2 N–H and O–H groups in total. The summed E-state index contributed by atoms with van der Waals surface area (Å²) in [5, 5.41) is 6.20. The molecule has 3 fully saturated rings. The number of likely N-dealkylation sites (tertiary alicyclic amines) is 1. The predicted molar refractivity (Wildman–Crippen MR) is 108 cm³/mol. The molecule has 6 nitrogen and oxygen atoms in total. The lowest BCUT2D eigenvalue weighted by molar-refractivity contribution is 0.0951. The molecule has 0 spiro atoms. The van der Waals surface area contributed by atoms with Crippen molar-refractivity contribution < 1.29 is 14.3 Å². The number of rotatable bonds is 6. The van der Waals surface area contributed by atoms with Crippen molar-refractivity contribution in [1.29, 1.82) is 0 Å². The topological polar surface area (TPSA) is 70.7 Å². The average molecular weight is 386 g/mol. The minimum absolute atomic E-state index is 0.0181. The summed E-state index contributed by atoms with van der Waals surface area (Å²) in [5.41, 5.74) is 0.661. The van der Waals surface area contributed by atoms with E-state index in [0.29, 0.717) is 24.3 Å². The van der Waals surface area contributed by atoms with Crippen molar-refractivity contribution in [1.82, 2.24) is 15.5 Å². The van der Waals surface area contributed by atoms with Crippen LogP contribution in [0.1, 0.15) is 68.1 Å². The maximum Gasteiger partial charge on any atom is 0.317 e. The quantitative estimate of drug-likeness (QED) is 0.788. The van der Waals surface area contributed by atoms with Gasteiger partial charge in [0.25, 0.3) is 5.91 Å². The van der Waals surface area contributed by atoms with Gasteiger partial charge in [-0.2, -0.15) is 0 Å². The van der Waals surface area contributed by atoms with Gasteiger partial charge in [0, 0.05) is 24.2 Å². The first-order valence-electron chi connectivity index (χ1n) is 10.8. The second-order valence-corrected chi connectivity index (χ2v) is 8.36. The Balaban J connectivity index is 1.26. The smallest absolute Gasteiger partial charge is 0.317 e.